The quantitative estimate of drug-likeness (QED) is 0.455. The van der Waals surface area contributed by atoms with Gasteiger partial charge in [-0.15, -0.1) is 0 Å². The Morgan fingerprint density at radius 2 is 2.07 bits per heavy atom. The summed E-state index contributed by atoms with van der Waals surface area (Å²) in [6, 6.07) is 9.75. The van der Waals surface area contributed by atoms with Gasteiger partial charge in [0.2, 0.25) is 0 Å². The molecule has 0 saturated carbocycles. The van der Waals surface area contributed by atoms with Gasteiger partial charge in [0, 0.05) is 23.6 Å². The number of sulfonamides is 1. The number of nitro groups is 1. The molecule has 27 heavy (non-hydrogen) atoms. The van der Waals surface area contributed by atoms with E-state index in [0.29, 0.717) is 5.75 Å². The second-order valence-electron chi connectivity index (χ2n) is 5.87. The minimum atomic E-state index is -4.16. The summed E-state index contributed by atoms with van der Waals surface area (Å²) in [5.41, 5.74) is 0.459. The van der Waals surface area contributed by atoms with Gasteiger partial charge in [-0.25, -0.2) is 8.42 Å². The van der Waals surface area contributed by atoms with Gasteiger partial charge >= 0.3 is 5.97 Å². The number of benzene rings is 2. The number of hydrogen-bond acceptors (Lipinski definition) is 7. The number of methoxy groups -OCH3 is 1. The summed E-state index contributed by atoms with van der Waals surface area (Å²) in [5, 5.41) is 11.1. The van der Waals surface area contributed by atoms with Crippen LogP contribution >= 0.6 is 0 Å². The largest absolute Gasteiger partial charge is 0.493 e. The molecule has 1 atom stereocenters. The molecule has 142 valence electrons. The van der Waals surface area contributed by atoms with Gasteiger partial charge in [-0.1, -0.05) is 18.2 Å². The van der Waals surface area contributed by atoms with E-state index in [1.165, 1.54) is 31.4 Å². The first-order valence-corrected chi connectivity index (χ1v) is 9.40. The minimum absolute atomic E-state index is 0.158. The number of nitrogens with one attached hydrogen (secondary N) is 1. The molecule has 0 unspecified atom stereocenters. The van der Waals surface area contributed by atoms with E-state index in [0.717, 1.165) is 17.7 Å². The van der Waals surface area contributed by atoms with Gasteiger partial charge in [-0.3, -0.25) is 19.6 Å². The van der Waals surface area contributed by atoms with Crippen LogP contribution < -0.4 is 9.46 Å². The summed E-state index contributed by atoms with van der Waals surface area (Å²) < 4.78 is 37.6. The Balaban J connectivity index is 1.85. The fraction of sp³-hybridized carbons (Fsp3) is 0.235. The normalized spacial score (nSPS) is 15.5. The fourth-order valence-corrected chi connectivity index (χ4v) is 4.06. The first kappa shape index (κ1) is 18.6. The van der Waals surface area contributed by atoms with Crippen molar-refractivity contribution in [1.82, 2.24) is 0 Å². The van der Waals surface area contributed by atoms with Gasteiger partial charge in [0.15, 0.2) is 4.90 Å². The molecule has 9 nitrogen and oxygen atoms in total. The molecule has 0 aromatic heterocycles. The van der Waals surface area contributed by atoms with Gasteiger partial charge in [-0.2, -0.15) is 0 Å². The molecule has 1 N–H and O–H groups in total. The Morgan fingerprint density at radius 1 is 1.33 bits per heavy atom. The number of nitrogens with zero attached hydrogens (tertiary/aromatic N) is 1. The molecule has 0 fully saturated rings. The maximum absolute atomic E-state index is 12.6. The topological polar surface area (TPSA) is 125 Å². The van der Waals surface area contributed by atoms with E-state index < -0.39 is 25.5 Å². The third-order valence-electron chi connectivity index (χ3n) is 4.14. The van der Waals surface area contributed by atoms with Gasteiger partial charge < -0.3 is 9.47 Å². The molecule has 10 heteroatoms. The molecular weight excluding hydrogens is 376 g/mol. The number of esters is 1. The van der Waals surface area contributed by atoms with Crippen LogP contribution in [0, 0.1) is 10.1 Å². The van der Waals surface area contributed by atoms with Crippen LogP contribution in [0.1, 0.15) is 17.9 Å². The van der Waals surface area contributed by atoms with Crippen LogP contribution in [-0.2, 0) is 19.6 Å². The highest BCUT2D eigenvalue weighted by atomic mass is 32.2. The molecule has 2 aromatic carbocycles. The highest BCUT2D eigenvalue weighted by Crippen LogP contribution is 2.38. The Labute approximate surface area is 155 Å². The lowest BCUT2D eigenvalue weighted by Gasteiger charge is -2.10. The summed E-state index contributed by atoms with van der Waals surface area (Å²) >= 11 is 0. The molecule has 3 rings (SSSR count). The van der Waals surface area contributed by atoms with E-state index in [2.05, 4.69) is 9.46 Å². The van der Waals surface area contributed by atoms with Gasteiger partial charge in [-0.05, 0) is 12.1 Å². The van der Waals surface area contributed by atoms with Crippen LogP contribution in [-0.4, -0.2) is 33.0 Å². The zero-order valence-corrected chi connectivity index (χ0v) is 15.1. The fourth-order valence-electron chi connectivity index (χ4n) is 2.84. The molecule has 2 aromatic rings. The average Bonchev–Trinajstić information content (AvgIpc) is 3.03. The second kappa shape index (κ2) is 7.23. The molecule has 0 amide bonds. The summed E-state index contributed by atoms with van der Waals surface area (Å²) in [6.45, 7) is 0.283. The van der Waals surface area contributed by atoms with E-state index in [4.69, 9.17) is 4.74 Å². The minimum Gasteiger partial charge on any atom is -0.493 e. The Kier molecular flexibility index (Phi) is 5.00. The Hall–Kier alpha value is -3.14. The number of carbonyl (C=O) groups is 1. The second-order valence-corrected chi connectivity index (χ2v) is 7.52. The predicted octanol–water partition coefficient (Wildman–Crippen LogP) is 2.43. The number of carbonyl (C=O) groups excluding carboxylic acids is 1. The number of ether oxygens (including phenoxy) is 2. The summed E-state index contributed by atoms with van der Waals surface area (Å²) in [6.07, 6.45) is 0.158. The Morgan fingerprint density at radius 3 is 2.78 bits per heavy atom. The first-order valence-electron chi connectivity index (χ1n) is 7.91. The third-order valence-corrected chi connectivity index (χ3v) is 5.57. The molecule has 1 aliphatic heterocycles. The molecule has 0 saturated heterocycles. The standard InChI is InChI=1S/C17H16N2O7S/c1-25-17(20)8-11-10-26-15-9-12(6-7-13(11)15)18-27(23,24)16-5-3-2-4-14(16)19(21)22/h2-7,9,11,18H,8,10H2,1H3/t11-/m1/s1. The third kappa shape index (κ3) is 3.85. The average molecular weight is 392 g/mol. The van der Waals surface area contributed by atoms with E-state index in [9.17, 15) is 23.3 Å². The maximum atomic E-state index is 12.6. The van der Waals surface area contributed by atoms with Gasteiger partial charge in [0.05, 0.1) is 30.7 Å². The number of rotatable bonds is 6. The maximum Gasteiger partial charge on any atom is 0.306 e. The molecule has 1 aliphatic rings. The van der Waals surface area contributed by atoms with E-state index in [1.807, 2.05) is 0 Å². The summed E-state index contributed by atoms with van der Waals surface area (Å²) in [4.78, 5) is 21.3. The number of hydrogen-bond donors (Lipinski definition) is 1. The van der Waals surface area contributed by atoms with Crippen LogP contribution in [0.3, 0.4) is 0 Å². The number of para-hydroxylation sites is 1. The van der Waals surface area contributed by atoms with Crippen molar-refractivity contribution in [2.24, 2.45) is 0 Å². The number of fused-ring (bicyclic) bond motifs is 1. The highest BCUT2D eigenvalue weighted by molar-refractivity contribution is 7.92. The van der Waals surface area contributed by atoms with Crippen LogP contribution in [0.25, 0.3) is 0 Å². The smallest absolute Gasteiger partial charge is 0.306 e. The summed E-state index contributed by atoms with van der Waals surface area (Å²) in [5.74, 6) is -0.0856. The zero-order chi connectivity index (χ0) is 19.6. The van der Waals surface area contributed by atoms with E-state index >= 15 is 0 Å². The predicted molar refractivity (Wildman–Crippen MR) is 95.2 cm³/mol. The van der Waals surface area contributed by atoms with Crippen LogP contribution in [0.4, 0.5) is 11.4 Å². The van der Waals surface area contributed by atoms with Crippen molar-refractivity contribution in [2.75, 3.05) is 18.4 Å². The van der Waals surface area contributed by atoms with Crippen LogP contribution in [0.5, 0.6) is 5.75 Å². The molecule has 0 bridgehead atoms. The van der Waals surface area contributed by atoms with Crippen molar-refractivity contribution in [3.8, 4) is 5.75 Å². The van der Waals surface area contributed by atoms with Crippen molar-refractivity contribution < 1.29 is 27.6 Å². The highest BCUT2D eigenvalue weighted by Gasteiger charge is 2.29. The SMILES string of the molecule is COC(=O)C[C@@H]1COc2cc(NS(=O)(=O)c3ccccc3[N+](=O)[O-])ccc21. The van der Waals surface area contributed by atoms with E-state index in [1.54, 1.807) is 6.07 Å². The number of nitro benzene ring substituents is 1. The van der Waals surface area contributed by atoms with Gasteiger partial charge in [0.25, 0.3) is 15.7 Å². The lowest BCUT2D eigenvalue weighted by Crippen LogP contribution is -2.14. The lowest BCUT2D eigenvalue weighted by molar-refractivity contribution is -0.387. The molecule has 0 aliphatic carbocycles. The molecular formula is C17H16N2O7S. The van der Waals surface area contributed by atoms with Crippen molar-refractivity contribution in [3.05, 3.63) is 58.1 Å². The van der Waals surface area contributed by atoms with Crippen molar-refractivity contribution in [2.45, 2.75) is 17.2 Å². The molecule has 0 radical (unpaired) electrons. The van der Waals surface area contributed by atoms with Gasteiger partial charge in [0.1, 0.15) is 5.75 Å². The zero-order valence-electron chi connectivity index (χ0n) is 14.2. The van der Waals surface area contributed by atoms with Crippen molar-refractivity contribution in [1.29, 1.82) is 0 Å². The van der Waals surface area contributed by atoms with E-state index in [-0.39, 0.29) is 30.6 Å². The number of anilines is 1. The molecule has 0 spiro atoms. The van der Waals surface area contributed by atoms with Crippen molar-refractivity contribution in [3.63, 3.8) is 0 Å². The van der Waals surface area contributed by atoms with Crippen molar-refractivity contribution >= 4 is 27.4 Å². The van der Waals surface area contributed by atoms with Crippen LogP contribution in [0.2, 0.25) is 0 Å². The lowest BCUT2D eigenvalue weighted by atomic mass is 9.98. The Bertz CT molecular complexity index is 1000. The molecule has 1 heterocycles. The van der Waals surface area contributed by atoms with Crippen LogP contribution in [0.15, 0.2) is 47.4 Å². The monoisotopic (exact) mass is 392 g/mol. The first-order chi connectivity index (χ1) is 12.8. The summed E-state index contributed by atoms with van der Waals surface area (Å²) in [7, 11) is -2.86.